The van der Waals surface area contributed by atoms with Crippen LogP contribution in [0.1, 0.15) is 6.92 Å². The minimum atomic E-state index is -4.07. The average molecular weight is 162 g/mol. The van der Waals surface area contributed by atoms with Crippen molar-refractivity contribution in [3.8, 4) is 0 Å². The average Bonchev–Trinajstić information content (AvgIpc) is 1.62. The Labute approximate surface area is 75.7 Å². The van der Waals surface area contributed by atoms with Gasteiger partial charge in [0.05, 0.1) is 0 Å². The maximum Gasteiger partial charge on any atom is 1.00 e. The largest absolute Gasteiger partial charge is 1.00 e. The van der Waals surface area contributed by atoms with Crippen LogP contribution in [0.3, 0.4) is 0 Å². The van der Waals surface area contributed by atoms with Crippen LogP contribution in [0, 0.1) is 0 Å². The maximum absolute atomic E-state index is 10.1. The third kappa shape index (κ3) is 5.55. The molecule has 6 heteroatoms. The van der Waals surface area contributed by atoms with Gasteiger partial charge in [-0.3, -0.25) is 4.57 Å². The zero-order valence-corrected chi connectivity index (χ0v) is 8.34. The van der Waals surface area contributed by atoms with Gasteiger partial charge in [0.15, 0.2) is 0 Å². The fourth-order valence-electron chi connectivity index (χ4n) is 0.0971. The summed E-state index contributed by atoms with van der Waals surface area (Å²) in [6, 6.07) is 0. The van der Waals surface area contributed by atoms with Crippen molar-refractivity contribution in [2.45, 2.75) is 12.6 Å². The molecule has 0 spiro atoms. The van der Waals surface area contributed by atoms with Crippen LogP contribution < -0.4 is 34.7 Å². The topological polar surface area (TPSA) is 80.6 Å². The van der Waals surface area contributed by atoms with Crippen LogP contribution in [-0.2, 0) is 4.57 Å². The Hall–Kier alpha value is 1.11. The van der Waals surface area contributed by atoms with E-state index in [1.165, 1.54) is 6.92 Å². The minimum absolute atomic E-state index is 0. The van der Waals surface area contributed by atoms with Crippen LogP contribution in [0.2, 0.25) is 0 Å². The summed E-state index contributed by atoms with van der Waals surface area (Å²) in [7, 11) is -4.07. The molecule has 1 unspecified atom stereocenters. The third-order valence-corrected chi connectivity index (χ3v) is 2.11. The Morgan fingerprint density at radius 3 is 2.00 bits per heavy atom. The molecule has 4 nitrogen and oxygen atoms in total. The van der Waals surface area contributed by atoms with E-state index in [0.29, 0.717) is 0 Å². The van der Waals surface area contributed by atoms with Gasteiger partial charge in [0.1, 0.15) is 0 Å². The van der Waals surface area contributed by atoms with Crippen molar-refractivity contribution < 1.29 is 49.0 Å². The predicted molar refractivity (Wildman–Crippen MR) is 26.4 cm³/mol. The molecular weight excluding hydrogens is 154 g/mol. The monoisotopic (exact) mass is 162 g/mol. The van der Waals surface area contributed by atoms with E-state index >= 15 is 0 Å². The van der Waals surface area contributed by atoms with Crippen LogP contribution in [0.5, 0.6) is 0 Å². The summed E-state index contributed by atoms with van der Waals surface area (Å²) < 4.78 is 10.1. The summed E-state index contributed by atoms with van der Waals surface area (Å²) >= 11 is 0. The van der Waals surface area contributed by atoms with Gasteiger partial charge in [-0.1, -0.05) is 6.92 Å². The molecule has 0 bridgehead atoms. The van der Waals surface area contributed by atoms with Crippen LogP contribution in [-0.4, -0.2) is 22.1 Å². The van der Waals surface area contributed by atoms with Crippen LogP contribution in [0.4, 0.5) is 0 Å². The second-order valence-corrected chi connectivity index (χ2v) is 3.66. The molecule has 0 aromatic rings. The van der Waals surface area contributed by atoms with Crippen molar-refractivity contribution in [1.29, 1.82) is 0 Å². The van der Waals surface area contributed by atoms with Crippen molar-refractivity contribution in [3.05, 3.63) is 0 Å². The number of hydrogen-bond acceptors (Lipinski definition) is 2. The molecule has 0 aromatic carbocycles. The molecule has 0 aromatic heterocycles. The normalized spacial score (nSPS) is 14.2. The van der Waals surface area contributed by atoms with Gasteiger partial charge in [0.25, 0.3) is 0 Å². The molecule has 0 radical (unpaired) electrons. The Morgan fingerprint density at radius 1 is 1.67 bits per heavy atom. The van der Waals surface area contributed by atoms with E-state index in [9.17, 15) is 9.67 Å². The zero-order chi connectivity index (χ0) is 6.78. The summed E-state index contributed by atoms with van der Waals surface area (Å²) in [5.74, 6) is 0. The Balaban J connectivity index is 0. The number of rotatable bonds is 2. The van der Waals surface area contributed by atoms with Crippen LogP contribution in [0.15, 0.2) is 0 Å². The molecule has 0 heterocycles. The van der Waals surface area contributed by atoms with Gasteiger partial charge < -0.3 is 14.9 Å². The Morgan fingerprint density at radius 2 is 2.00 bits per heavy atom. The summed E-state index contributed by atoms with van der Waals surface area (Å²) in [4.78, 5) is 16.4. The molecule has 2 N–H and O–H groups in total. The standard InChI is InChI=1S/C3H8O4P.Na/c1-3(2-4)8(5,6)7;/h3H,2H2,1H3,(H2,5,6,7);/q-1;+1. The minimum Gasteiger partial charge on any atom is -0.854 e. The molecule has 1 atom stereocenters. The predicted octanol–water partition coefficient (Wildman–Crippen LogP) is -4.08. The summed E-state index contributed by atoms with van der Waals surface area (Å²) in [5.41, 5.74) is -1.04. The van der Waals surface area contributed by atoms with Crippen molar-refractivity contribution in [3.63, 3.8) is 0 Å². The first-order valence-electron chi connectivity index (χ1n) is 2.12. The zero-order valence-electron chi connectivity index (χ0n) is 5.44. The number of hydrogen-bond donors (Lipinski definition) is 2. The first-order chi connectivity index (χ1) is 3.48. The molecule has 0 rings (SSSR count). The molecule has 0 amide bonds. The quantitative estimate of drug-likeness (QED) is 0.319. The Bertz CT molecular complexity index is 110. The fourth-order valence-corrected chi connectivity index (χ4v) is 0.291. The van der Waals surface area contributed by atoms with Crippen molar-refractivity contribution in [1.82, 2.24) is 0 Å². The summed E-state index contributed by atoms with van der Waals surface area (Å²) in [6.07, 6.45) is 0. The maximum atomic E-state index is 10.1. The molecule has 0 saturated heterocycles. The van der Waals surface area contributed by atoms with E-state index in [-0.39, 0.29) is 29.6 Å². The SMILES string of the molecule is CC(C[O-])P(=O)(O)O.[Na+]. The van der Waals surface area contributed by atoms with Gasteiger partial charge in [-0.15, -0.1) is 6.61 Å². The van der Waals surface area contributed by atoms with Crippen molar-refractivity contribution in [2.24, 2.45) is 0 Å². The summed E-state index contributed by atoms with van der Waals surface area (Å²) in [5, 5.41) is 9.78. The first-order valence-corrected chi connectivity index (χ1v) is 3.80. The third-order valence-electron chi connectivity index (χ3n) is 0.815. The van der Waals surface area contributed by atoms with Gasteiger partial charge in [-0.05, 0) is 0 Å². The molecule has 9 heavy (non-hydrogen) atoms. The molecule has 0 aliphatic carbocycles. The molecule has 0 saturated carbocycles. The van der Waals surface area contributed by atoms with Gasteiger partial charge in [0, 0.05) is 5.66 Å². The first kappa shape index (κ1) is 12.8. The van der Waals surface area contributed by atoms with E-state index in [1.54, 1.807) is 0 Å². The van der Waals surface area contributed by atoms with Crippen LogP contribution >= 0.6 is 7.60 Å². The molecule has 0 aliphatic rings. The van der Waals surface area contributed by atoms with Gasteiger partial charge in [-0.25, -0.2) is 0 Å². The van der Waals surface area contributed by atoms with E-state index < -0.39 is 19.9 Å². The molecule has 0 aliphatic heterocycles. The van der Waals surface area contributed by atoms with Gasteiger partial charge in [0.2, 0.25) is 0 Å². The molecule has 50 valence electrons. The second-order valence-electron chi connectivity index (χ2n) is 1.60. The van der Waals surface area contributed by atoms with E-state index in [1.807, 2.05) is 0 Å². The molecule has 0 fully saturated rings. The van der Waals surface area contributed by atoms with Gasteiger partial charge in [-0.2, -0.15) is 0 Å². The molecular formula is C3H8NaO4P. The van der Waals surface area contributed by atoms with E-state index in [4.69, 9.17) is 9.79 Å². The van der Waals surface area contributed by atoms with Crippen molar-refractivity contribution in [2.75, 3.05) is 6.61 Å². The Kier molecular flexibility index (Phi) is 6.88. The fraction of sp³-hybridized carbons (Fsp3) is 1.00. The van der Waals surface area contributed by atoms with Gasteiger partial charge >= 0.3 is 37.2 Å². The second kappa shape index (κ2) is 4.85. The van der Waals surface area contributed by atoms with E-state index in [0.717, 1.165) is 0 Å². The van der Waals surface area contributed by atoms with E-state index in [2.05, 4.69) is 0 Å². The summed E-state index contributed by atoms with van der Waals surface area (Å²) in [6.45, 7) is 0.512. The smallest absolute Gasteiger partial charge is 0.854 e. The van der Waals surface area contributed by atoms with Crippen LogP contribution in [0.25, 0.3) is 0 Å². The van der Waals surface area contributed by atoms with Crippen molar-refractivity contribution >= 4 is 7.60 Å².